The first-order valence-corrected chi connectivity index (χ1v) is 3.30. The summed E-state index contributed by atoms with van der Waals surface area (Å²) >= 11 is 0. The molecule has 0 saturated carbocycles. The van der Waals surface area contributed by atoms with Gasteiger partial charge in [-0.25, -0.2) is 9.69 Å². The van der Waals surface area contributed by atoms with Gasteiger partial charge in [-0.15, -0.1) is 0 Å². The van der Waals surface area contributed by atoms with Crippen LogP contribution in [0.2, 0.25) is 0 Å². The van der Waals surface area contributed by atoms with Crippen LogP contribution in [0.25, 0.3) is 0 Å². The van der Waals surface area contributed by atoms with Crippen LogP contribution in [0.4, 0.5) is 10.5 Å². The molecule has 12 heavy (non-hydrogen) atoms. The van der Waals surface area contributed by atoms with Crippen molar-refractivity contribution in [3.05, 3.63) is 30.3 Å². The molecule has 0 aliphatic heterocycles. The number of nitrogens with zero attached hydrogens (tertiary/aromatic N) is 1. The van der Waals surface area contributed by atoms with E-state index < -0.39 is 6.09 Å². The Balaban J connectivity index is 2.98. The van der Waals surface area contributed by atoms with E-state index in [4.69, 9.17) is 11.5 Å². The number of benzene rings is 1. The van der Waals surface area contributed by atoms with Crippen LogP contribution in [-0.4, -0.2) is 11.2 Å². The Hall–Kier alpha value is -1.95. The highest BCUT2D eigenvalue weighted by molar-refractivity contribution is 5.89. The minimum absolute atomic E-state index is 0.479. The Morgan fingerprint density at radius 1 is 1.42 bits per heavy atom. The minimum Gasteiger partial charge on any atom is -0.464 e. The highest BCUT2D eigenvalue weighted by atomic mass is 16.4. The van der Waals surface area contributed by atoms with Gasteiger partial charge in [0.25, 0.3) is 0 Å². The van der Waals surface area contributed by atoms with Gasteiger partial charge in [0.1, 0.15) is 0 Å². The predicted octanol–water partition coefficient (Wildman–Crippen LogP) is 1.76. The molecule has 0 atom stereocenters. The molecule has 1 rings (SSSR count). The second kappa shape index (κ2) is 3.44. The SMILES string of the molecule is C#CN(C(=O)O)c1ccccc1. The first-order valence-electron chi connectivity index (χ1n) is 3.30. The molecule has 0 unspecified atom stereocenters. The zero-order valence-electron chi connectivity index (χ0n) is 6.27. The Kier molecular flexibility index (Phi) is 2.34. The van der Waals surface area contributed by atoms with E-state index in [-0.39, 0.29) is 0 Å². The summed E-state index contributed by atoms with van der Waals surface area (Å²) in [6.07, 6.45) is 3.85. The van der Waals surface area contributed by atoms with E-state index in [9.17, 15) is 4.79 Å². The highest BCUT2D eigenvalue weighted by Gasteiger charge is 2.09. The number of hydrogen-bond acceptors (Lipinski definition) is 1. The summed E-state index contributed by atoms with van der Waals surface area (Å²) in [5.41, 5.74) is 0.479. The Labute approximate surface area is 70.2 Å². The normalized spacial score (nSPS) is 8.58. The maximum atomic E-state index is 10.5. The van der Waals surface area contributed by atoms with Gasteiger partial charge in [-0.05, 0) is 12.1 Å². The third kappa shape index (κ3) is 1.55. The molecule has 1 aromatic carbocycles. The van der Waals surface area contributed by atoms with Crippen molar-refractivity contribution in [2.75, 3.05) is 4.90 Å². The molecular weight excluding hydrogens is 154 g/mol. The smallest absolute Gasteiger partial charge is 0.423 e. The van der Waals surface area contributed by atoms with Crippen LogP contribution in [-0.2, 0) is 0 Å². The summed E-state index contributed by atoms with van der Waals surface area (Å²) in [4.78, 5) is 11.3. The molecule has 0 saturated heterocycles. The van der Waals surface area contributed by atoms with E-state index in [1.807, 2.05) is 0 Å². The van der Waals surface area contributed by atoms with Crippen LogP contribution in [0, 0.1) is 12.5 Å². The molecule has 0 aliphatic carbocycles. The van der Waals surface area contributed by atoms with Gasteiger partial charge in [0.15, 0.2) is 0 Å². The van der Waals surface area contributed by atoms with Crippen LogP contribution in [0.5, 0.6) is 0 Å². The lowest BCUT2D eigenvalue weighted by molar-refractivity contribution is 0.205. The minimum atomic E-state index is -1.15. The second-order valence-electron chi connectivity index (χ2n) is 2.08. The zero-order chi connectivity index (χ0) is 8.97. The lowest BCUT2D eigenvalue weighted by Crippen LogP contribution is -2.22. The van der Waals surface area contributed by atoms with E-state index in [0.717, 1.165) is 4.90 Å². The fourth-order valence-corrected chi connectivity index (χ4v) is 0.817. The van der Waals surface area contributed by atoms with Gasteiger partial charge in [0, 0.05) is 6.04 Å². The van der Waals surface area contributed by atoms with Crippen LogP contribution in [0.3, 0.4) is 0 Å². The molecule has 0 spiro atoms. The largest absolute Gasteiger partial charge is 0.464 e. The average Bonchev–Trinajstić information content (AvgIpc) is 2.07. The lowest BCUT2D eigenvalue weighted by atomic mass is 10.3. The number of amides is 1. The number of carboxylic acid groups (broad SMARTS) is 1. The lowest BCUT2D eigenvalue weighted by Gasteiger charge is -2.09. The highest BCUT2D eigenvalue weighted by Crippen LogP contribution is 2.11. The Morgan fingerprint density at radius 2 is 2.00 bits per heavy atom. The standard InChI is InChI=1S/C9H7NO2/c1-2-10(9(11)12)8-6-4-3-5-7-8/h1,3-7H,(H,11,12). The molecule has 1 aromatic rings. The summed E-state index contributed by atoms with van der Waals surface area (Å²) < 4.78 is 0. The number of anilines is 1. The van der Waals surface area contributed by atoms with Gasteiger partial charge in [0.05, 0.1) is 5.69 Å². The van der Waals surface area contributed by atoms with E-state index in [2.05, 4.69) is 6.04 Å². The number of rotatable bonds is 1. The number of terminal acetylenes is 1. The predicted molar refractivity (Wildman–Crippen MR) is 45.8 cm³/mol. The van der Waals surface area contributed by atoms with Crippen molar-refractivity contribution in [1.29, 1.82) is 0 Å². The number of hydrogen-bond donors (Lipinski definition) is 1. The van der Waals surface area contributed by atoms with Crippen molar-refractivity contribution in [2.24, 2.45) is 0 Å². The number of carbonyl (C=O) groups is 1. The molecule has 0 fully saturated rings. The zero-order valence-corrected chi connectivity index (χ0v) is 6.27. The second-order valence-corrected chi connectivity index (χ2v) is 2.08. The molecule has 0 heterocycles. The van der Waals surface area contributed by atoms with Gasteiger partial charge < -0.3 is 5.11 Å². The average molecular weight is 161 g/mol. The van der Waals surface area contributed by atoms with Gasteiger partial charge in [-0.3, -0.25) is 0 Å². The molecular formula is C9H7NO2. The summed E-state index contributed by atoms with van der Waals surface area (Å²) in [6.45, 7) is 0. The molecule has 0 bridgehead atoms. The fourth-order valence-electron chi connectivity index (χ4n) is 0.817. The molecule has 60 valence electrons. The van der Waals surface area contributed by atoms with Gasteiger partial charge in [-0.1, -0.05) is 24.6 Å². The summed E-state index contributed by atoms with van der Waals surface area (Å²) in [7, 11) is 0. The van der Waals surface area contributed by atoms with E-state index in [1.165, 1.54) is 0 Å². The summed E-state index contributed by atoms with van der Waals surface area (Å²) in [6, 6.07) is 10.6. The molecule has 0 radical (unpaired) electrons. The van der Waals surface area contributed by atoms with Crippen LogP contribution >= 0.6 is 0 Å². The van der Waals surface area contributed by atoms with Crippen molar-refractivity contribution in [3.63, 3.8) is 0 Å². The van der Waals surface area contributed by atoms with E-state index in [0.29, 0.717) is 5.69 Å². The molecule has 1 amide bonds. The quantitative estimate of drug-likeness (QED) is 0.503. The third-order valence-corrected chi connectivity index (χ3v) is 1.33. The maximum absolute atomic E-state index is 10.5. The van der Waals surface area contributed by atoms with E-state index in [1.54, 1.807) is 30.3 Å². The van der Waals surface area contributed by atoms with Gasteiger partial charge in [-0.2, -0.15) is 0 Å². The van der Waals surface area contributed by atoms with Crippen molar-refractivity contribution in [1.82, 2.24) is 0 Å². The first-order chi connectivity index (χ1) is 5.75. The molecule has 1 N–H and O–H groups in total. The fraction of sp³-hybridized carbons (Fsp3) is 0. The van der Waals surface area contributed by atoms with Crippen LogP contribution in [0.1, 0.15) is 0 Å². The van der Waals surface area contributed by atoms with Crippen LogP contribution < -0.4 is 4.90 Å². The molecule has 0 aromatic heterocycles. The van der Waals surface area contributed by atoms with Crippen molar-refractivity contribution in [3.8, 4) is 12.5 Å². The Bertz CT molecular complexity index is 313. The van der Waals surface area contributed by atoms with Gasteiger partial charge in [0.2, 0.25) is 0 Å². The molecule has 3 heteroatoms. The molecule has 3 nitrogen and oxygen atoms in total. The van der Waals surface area contributed by atoms with Crippen molar-refractivity contribution in [2.45, 2.75) is 0 Å². The topological polar surface area (TPSA) is 40.5 Å². The number of para-hydroxylation sites is 1. The Morgan fingerprint density at radius 3 is 2.42 bits per heavy atom. The van der Waals surface area contributed by atoms with Crippen molar-refractivity contribution < 1.29 is 9.90 Å². The monoisotopic (exact) mass is 161 g/mol. The first kappa shape index (κ1) is 8.15. The van der Waals surface area contributed by atoms with Crippen molar-refractivity contribution >= 4 is 11.8 Å². The molecule has 0 aliphatic rings. The third-order valence-electron chi connectivity index (χ3n) is 1.33. The van der Waals surface area contributed by atoms with E-state index >= 15 is 0 Å². The summed E-state index contributed by atoms with van der Waals surface area (Å²) in [5, 5.41) is 8.61. The van der Waals surface area contributed by atoms with Gasteiger partial charge >= 0.3 is 6.09 Å². The van der Waals surface area contributed by atoms with Crippen LogP contribution in [0.15, 0.2) is 30.3 Å². The maximum Gasteiger partial charge on any atom is 0.423 e. The summed E-state index contributed by atoms with van der Waals surface area (Å²) in [5.74, 6) is 0.